The van der Waals surface area contributed by atoms with Gasteiger partial charge in [-0.15, -0.1) is 0 Å². The molecule has 0 aliphatic heterocycles. The molecule has 0 saturated heterocycles. The highest BCUT2D eigenvalue weighted by Gasteiger charge is 2.19. The predicted molar refractivity (Wildman–Crippen MR) is 37.2 cm³/mol. The van der Waals surface area contributed by atoms with Gasteiger partial charge in [0.1, 0.15) is 6.61 Å². The molecule has 4 N–H and O–H groups in total. The highest BCUT2D eigenvalue weighted by molar-refractivity contribution is 4.58. The van der Waals surface area contributed by atoms with Crippen molar-refractivity contribution < 1.29 is 15.3 Å². The Kier molecular flexibility index (Phi) is 4.55. The molecule has 0 spiro atoms. The van der Waals surface area contributed by atoms with E-state index in [0.717, 1.165) is 12.8 Å². The molecule has 62 valence electrons. The summed E-state index contributed by atoms with van der Waals surface area (Å²) in [7, 11) is 0. The maximum absolute atomic E-state index is 8.74. The maximum Gasteiger partial charge on any atom is 0.246 e. The van der Waals surface area contributed by atoms with Gasteiger partial charge in [0.15, 0.2) is 0 Å². The van der Waals surface area contributed by atoms with E-state index in [1.165, 1.54) is 0 Å². The monoisotopic (exact) mass is 149 g/mol. The summed E-state index contributed by atoms with van der Waals surface area (Å²) in [6.45, 7) is 1.82. The van der Waals surface area contributed by atoms with Crippen LogP contribution in [0.4, 0.5) is 0 Å². The number of hydrogen-bond acceptors (Lipinski definition) is 4. The first-order valence-electron chi connectivity index (χ1n) is 3.43. The molecule has 0 atom stereocenters. The molecule has 0 rings (SSSR count). The summed E-state index contributed by atoms with van der Waals surface area (Å²) in [5.41, 5.74) is 0. The van der Waals surface area contributed by atoms with Crippen LogP contribution in [0, 0.1) is 0 Å². The van der Waals surface area contributed by atoms with E-state index in [-0.39, 0.29) is 0 Å². The molecule has 0 radical (unpaired) electrons. The molecule has 0 heterocycles. The fourth-order valence-corrected chi connectivity index (χ4v) is 0.521. The quantitative estimate of drug-likeness (QED) is 0.299. The van der Waals surface area contributed by atoms with E-state index in [4.69, 9.17) is 15.3 Å². The molecule has 0 aromatic carbocycles. The van der Waals surface area contributed by atoms with Crippen LogP contribution in [0.2, 0.25) is 0 Å². The van der Waals surface area contributed by atoms with E-state index in [1.807, 2.05) is 6.92 Å². The summed E-state index contributed by atoms with van der Waals surface area (Å²) in [6, 6.07) is 0. The van der Waals surface area contributed by atoms with Crippen molar-refractivity contribution in [1.82, 2.24) is 5.32 Å². The van der Waals surface area contributed by atoms with Gasteiger partial charge in [0.2, 0.25) is 5.91 Å². The number of unbranched alkanes of at least 4 members (excludes halogenated alkanes) is 1. The number of aliphatic hydroxyl groups is 3. The molecule has 0 amide bonds. The van der Waals surface area contributed by atoms with E-state index in [0.29, 0.717) is 6.54 Å². The predicted octanol–water partition coefficient (Wildman–Crippen LogP) is -0.993. The second-order valence-electron chi connectivity index (χ2n) is 2.26. The van der Waals surface area contributed by atoms with Crippen molar-refractivity contribution in [3.8, 4) is 0 Å². The molecule has 4 nitrogen and oxygen atoms in total. The second-order valence-corrected chi connectivity index (χ2v) is 2.26. The summed E-state index contributed by atoms with van der Waals surface area (Å²) in [5.74, 6) is -2.10. The lowest BCUT2D eigenvalue weighted by Gasteiger charge is -2.19. The molecule has 0 aromatic heterocycles. The van der Waals surface area contributed by atoms with Crippen LogP contribution in [0.25, 0.3) is 0 Å². The lowest BCUT2D eigenvalue weighted by atomic mass is 10.3. The van der Waals surface area contributed by atoms with Crippen molar-refractivity contribution in [2.24, 2.45) is 0 Å². The Morgan fingerprint density at radius 3 is 2.40 bits per heavy atom. The van der Waals surface area contributed by atoms with Gasteiger partial charge in [-0.05, 0) is 6.42 Å². The first-order valence-corrected chi connectivity index (χ1v) is 3.43. The van der Waals surface area contributed by atoms with Crippen LogP contribution < -0.4 is 5.32 Å². The average molecular weight is 149 g/mol. The SMILES string of the molecule is CCCCNC(O)(O)CO. The van der Waals surface area contributed by atoms with Crippen molar-refractivity contribution >= 4 is 0 Å². The fraction of sp³-hybridized carbons (Fsp3) is 1.00. The third-order valence-corrected chi connectivity index (χ3v) is 1.16. The first-order chi connectivity index (χ1) is 4.62. The van der Waals surface area contributed by atoms with Gasteiger partial charge in [0.25, 0.3) is 0 Å². The van der Waals surface area contributed by atoms with Gasteiger partial charge in [-0.2, -0.15) is 0 Å². The Hall–Kier alpha value is -0.160. The minimum absolute atomic E-state index is 0.504. The Morgan fingerprint density at radius 2 is 2.00 bits per heavy atom. The molecule has 10 heavy (non-hydrogen) atoms. The standard InChI is InChI=1S/C6H15NO3/c1-2-3-4-7-6(9,10)5-8/h7-10H,2-5H2,1H3. The zero-order valence-corrected chi connectivity index (χ0v) is 6.17. The topological polar surface area (TPSA) is 72.7 Å². The lowest BCUT2D eigenvalue weighted by molar-refractivity contribution is -0.208. The van der Waals surface area contributed by atoms with Gasteiger partial charge < -0.3 is 15.3 Å². The van der Waals surface area contributed by atoms with Gasteiger partial charge in [-0.1, -0.05) is 13.3 Å². The van der Waals surface area contributed by atoms with E-state index in [1.54, 1.807) is 0 Å². The summed E-state index contributed by atoms with van der Waals surface area (Å²) in [4.78, 5) is 0. The first kappa shape index (κ1) is 9.84. The molecule has 0 unspecified atom stereocenters. The average Bonchev–Trinajstić information content (AvgIpc) is 1.89. The molecule has 0 bridgehead atoms. The third-order valence-electron chi connectivity index (χ3n) is 1.16. The largest absolute Gasteiger partial charge is 0.389 e. The Balaban J connectivity index is 3.28. The van der Waals surface area contributed by atoms with E-state index in [9.17, 15) is 0 Å². The van der Waals surface area contributed by atoms with Gasteiger partial charge in [0, 0.05) is 6.54 Å². The third kappa shape index (κ3) is 4.69. The van der Waals surface area contributed by atoms with Crippen LogP contribution in [-0.2, 0) is 0 Å². The minimum atomic E-state index is -2.10. The summed E-state index contributed by atoms with van der Waals surface area (Å²) in [6.07, 6.45) is 1.84. The van der Waals surface area contributed by atoms with Crippen molar-refractivity contribution in [1.29, 1.82) is 0 Å². The van der Waals surface area contributed by atoms with Crippen molar-refractivity contribution in [3.63, 3.8) is 0 Å². The van der Waals surface area contributed by atoms with Crippen LogP contribution in [0.3, 0.4) is 0 Å². The van der Waals surface area contributed by atoms with Crippen molar-refractivity contribution in [2.45, 2.75) is 25.7 Å². The van der Waals surface area contributed by atoms with Crippen LogP contribution >= 0.6 is 0 Å². The van der Waals surface area contributed by atoms with Crippen molar-refractivity contribution in [2.75, 3.05) is 13.2 Å². The number of aliphatic hydroxyl groups excluding tert-OH is 1. The molecule has 0 fully saturated rings. The summed E-state index contributed by atoms with van der Waals surface area (Å²) < 4.78 is 0. The Morgan fingerprint density at radius 1 is 1.40 bits per heavy atom. The second kappa shape index (κ2) is 4.62. The van der Waals surface area contributed by atoms with E-state index < -0.39 is 12.5 Å². The Labute approximate surface area is 60.5 Å². The number of nitrogens with one attached hydrogen (secondary N) is 1. The van der Waals surface area contributed by atoms with Crippen LogP contribution in [0.5, 0.6) is 0 Å². The van der Waals surface area contributed by atoms with Crippen LogP contribution in [-0.4, -0.2) is 34.4 Å². The molecule has 0 aromatic rings. The highest BCUT2D eigenvalue weighted by Crippen LogP contribution is 1.92. The normalized spacial score (nSPS) is 12.0. The van der Waals surface area contributed by atoms with E-state index >= 15 is 0 Å². The summed E-state index contributed by atoms with van der Waals surface area (Å²) >= 11 is 0. The fourth-order valence-electron chi connectivity index (χ4n) is 0.521. The van der Waals surface area contributed by atoms with Crippen LogP contribution in [0.1, 0.15) is 19.8 Å². The summed E-state index contributed by atoms with van der Waals surface area (Å²) in [5, 5.41) is 28.2. The zero-order valence-electron chi connectivity index (χ0n) is 6.17. The van der Waals surface area contributed by atoms with Gasteiger partial charge in [-0.3, -0.25) is 5.32 Å². The highest BCUT2D eigenvalue weighted by atomic mass is 16.5. The molecular formula is C6H15NO3. The smallest absolute Gasteiger partial charge is 0.246 e. The number of rotatable bonds is 5. The van der Waals surface area contributed by atoms with Gasteiger partial charge in [0.05, 0.1) is 0 Å². The number of hydrogen-bond donors (Lipinski definition) is 4. The molecule has 0 aliphatic rings. The lowest BCUT2D eigenvalue weighted by Crippen LogP contribution is -2.48. The zero-order chi connectivity index (χ0) is 8.04. The van der Waals surface area contributed by atoms with Crippen LogP contribution in [0.15, 0.2) is 0 Å². The minimum Gasteiger partial charge on any atom is -0.389 e. The van der Waals surface area contributed by atoms with E-state index in [2.05, 4.69) is 5.32 Å². The van der Waals surface area contributed by atoms with Gasteiger partial charge >= 0.3 is 0 Å². The van der Waals surface area contributed by atoms with Gasteiger partial charge in [-0.25, -0.2) is 0 Å². The molecular weight excluding hydrogens is 134 g/mol. The maximum atomic E-state index is 8.74. The Bertz CT molecular complexity index is 85.1. The molecule has 0 saturated carbocycles. The molecule has 0 aliphatic carbocycles. The van der Waals surface area contributed by atoms with Crippen molar-refractivity contribution in [3.05, 3.63) is 0 Å². The molecule has 4 heteroatoms.